The Balaban J connectivity index is 2.97. The van der Waals surface area contributed by atoms with Gasteiger partial charge in [0.1, 0.15) is 0 Å². The molecule has 0 aromatic heterocycles. The molecule has 3 nitrogen and oxygen atoms in total. The van der Waals surface area contributed by atoms with Gasteiger partial charge in [-0.05, 0) is 47.5 Å². The lowest BCUT2D eigenvalue weighted by molar-refractivity contribution is -0.0999. The van der Waals surface area contributed by atoms with Crippen molar-refractivity contribution in [2.45, 2.75) is 70.8 Å². The number of hydrogen-bond acceptors (Lipinski definition) is 3. The largest absolute Gasteiger partial charge is 0.393 e. The number of aliphatic hydroxyl groups is 1. The topological polar surface area (TPSA) is 49.5 Å². The molecule has 0 bridgehead atoms. The van der Waals surface area contributed by atoms with Crippen molar-refractivity contribution in [1.82, 2.24) is 4.90 Å². The number of nitrogens with zero attached hydrogens (tertiary/aromatic N) is 1. The van der Waals surface area contributed by atoms with Gasteiger partial charge in [-0.1, -0.05) is 0 Å². The van der Waals surface area contributed by atoms with Gasteiger partial charge in [-0.2, -0.15) is 0 Å². The van der Waals surface area contributed by atoms with Crippen molar-refractivity contribution in [3.8, 4) is 0 Å². The van der Waals surface area contributed by atoms with Crippen LogP contribution in [0.5, 0.6) is 0 Å². The number of rotatable bonds is 1. The average Bonchev–Trinajstić information content (AvgIpc) is 1.75. The van der Waals surface area contributed by atoms with Crippen molar-refractivity contribution in [2.75, 3.05) is 0 Å². The van der Waals surface area contributed by atoms with Gasteiger partial charge >= 0.3 is 0 Å². The Hall–Kier alpha value is -0.120. The van der Waals surface area contributed by atoms with Gasteiger partial charge in [0.25, 0.3) is 0 Å². The molecular weight excluding hydrogens is 176 g/mol. The predicted octanol–water partition coefficient (Wildman–Crippen LogP) is 1.30. The summed E-state index contributed by atoms with van der Waals surface area (Å²) < 4.78 is 0. The molecule has 1 fully saturated rings. The SMILES string of the molecule is CC(N)N1C(C)(C)CC(O)CC1(C)C. The maximum absolute atomic E-state index is 9.81. The van der Waals surface area contributed by atoms with Crippen LogP contribution in [-0.4, -0.2) is 33.4 Å². The van der Waals surface area contributed by atoms with Crippen LogP contribution < -0.4 is 5.73 Å². The molecule has 0 spiro atoms. The zero-order chi connectivity index (χ0) is 11.1. The van der Waals surface area contributed by atoms with Crippen molar-refractivity contribution in [3.63, 3.8) is 0 Å². The second-order valence-electron chi connectivity index (χ2n) is 5.80. The quantitative estimate of drug-likeness (QED) is 0.671. The standard InChI is InChI=1S/C11H24N2O/c1-8(12)13-10(2,3)6-9(14)7-11(13,4)5/h8-9,14H,6-7,12H2,1-5H3. The van der Waals surface area contributed by atoms with E-state index >= 15 is 0 Å². The molecule has 14 heavy (non-hydrogen) atoms. The summed E-state index contributed by atoms with van der Waals surface area (Å²) in [6, 6.07) is 0. The van der Waals surface area contributed by atoms with Crippen molar-refractivity contribution in [1.29, 1.82) is 0 Å². The Morgan fingerprint density at radius 2 is 1.57 bits per heavy atom. The van der Waals surface area contributed by atoms with Gasteiger partial charge in [0.05, 0.1) is 12.3 Å². The maximum Gasteiger partial charge on any atom is 0.0575 e. The molecule has 0 amide bonds. The van der Waals surface area contributed by atoms with Gasteiger partial charge in [-0.15, -0.1) is 0 Å². The van der Waals surface area contributed by atoms with Crippen LogP contribution in [0, 0.1) is 0 Å². The molecule has 0 radical (unpaired) electrons. The van der Waals surface area contributed by atoms with Crippen LogP contribution in [0.25, 0.3) is 0 Å². The smallest absolute Gasteiger partial charge is 0.0575 e. The Morgan fingerprint density at radius 3 is 1.86 bits per heavy atom. The highest BCUT2D eigenvalue weighted by Gasteiger charge is 2.46. The first-order valence-corrected chi connectivity index (χ1v) is 5.40. The third-order valence-corrected chi connectivity index (χ3v) is 3.18. The van der Waals surface area contributed by atoms with Crippen molar-refractivity contribution >= 4 is 0 Å². The Labute approximate surface area is 87.3 Å². The van der Waals surface area contributed by atoms with Gasteiger partial charge in [-0.3, -0.25) is 4.90 Å². The lowest BCUT2D eigenvalue weighted by atomic mass is 9.78. The summed E-state index contributed by atoms with van der Waals surface area (Å²) in [5.41, 5.74) is 5.97. The minimum absolute atomic E-state index is 0.0185. The summed E-state index contributed by atoms with van der Waals surface area (Å²) in [5.74, 6) is 0. The third-order valence-electron chi connectivity index (χ3n) is 3.18. The van der Waals surface area contributed by atoms with E-state index in [1.807, 2.05) is 6.92 Å². The summed E-state index contributed by atoms with van der Waals surface area (Å²) in [4.78, 5) is 2.31. The molecule has 84 valence electrons. The third kappa shape index (κ3) is 2.10. The van der Waals surface area contributed by atoms with E-state index in [1.54, 1.807) is 0 Å². The molecule has 0 aromatic rings. The number of hydrogen-bond donors (Lipinski definition) is 2. The minimum atomic E-state index is -0.199. The van der Waals surface area contributed by atoms with Crippen LogP contribution in [0.3, 0.4) is 0 Å². The van der Waals surface area contributed by atoms with Gasteiger partial charge in [0.2, 0.25) is 0 Å². The number of aliphatic hydroxyl groups excluding tert-OH is 1. The van der Waals surface area contributed by atoms with E-state index < -0.39 is 0 Å². The van der Waals surface area contributed by atoms with E-state index in [2.05, 4.69) is 32.6 Å². The highest BCUT2D eigenvalue weighted by molar-refractivity contribution is 5.01. The number of likely N-dealkylation sites (tertiary alicyclic amines) is 1. The first-order valence-electron chi connectivity index (χ1n) is 5.40. The van der Waals surface area contributed by atoms with Crippen molar-refractivity contribution in [2.24, 2.45) is 5.73 Å². The maximum atomic E-state index is 9.81. The summed E-state index contributed by atoms with van der Waals surface area (Å²) in [7, 11) is 0. The molecule has 0 saturated carbocycles. The van der Waals surface area contributed by atoms with E-state index in [0.29, 0.717) is 0 Å². The molecule has 1 heterocycles. The number of nitrogens with two attached hydrogens (primary N) is 1. The van der Waals surface area contributed by atoms with E-state index in [4.69, 9.17) is 5.73 Å². The molecule has 0 aromatic carbocycles. The van der Waals surface area contributed by atoms with Crippen LogP contribution in [0.15, 0.2) is 0 Å². The summed E-state index contributed by atoms with van der Waals surface area (Å²) >= 11 is 0. The molecule has 1 aliphatic heterocycles. The fraction of sp³-hybridized carbons (Fsp3) is 1.00. The normalized spacial score (nSPS) is 30.2. The highest BCUT2D eigenvalue weighted by Crippen LogP contribution is 2.38. The van der Waals surface area contributed by atoms with Gasteiger partial charge in [-0.25, -0.2) is 0 Å². The van der Waals surface area contributed by atoms with E-state index in [0.717, 1.165) is 12.8 Å². The van der Waals surface area contributed by atoms with E-state index in [-0.39, 0.29) is 23.3 Å². The first-order chi connectivity index (χ1) is 6.17. The number of piperidine rings is 1. The zero-order valence-corrected chi connectivity index (χ0v) is 10.0. The monoisotopic (exact) mass is 200 g/mol. The molecule has 0 aliphatic carbocycles. The van der Waals surface area contributed by atoms with Crippen LogP contribution in [-0.2, 0) is 0 Å². The molecule has 1 saturated heterocycles. The summed E-state index contributed by atoms with van der Waals surface area (Å²) in [6.07, 6.45) is 1.44. The summed E-state index contributed by atoms with van der Waals surface area (Å²) in [5, 5.41) is 9.81. The molecule has 1 rings (SSSR count). The summed E-state index contributed by atoms with van der Waals surface area (Å²) in [6.45, 7) is 10.6. The first kappa shape index (κ1) is 12.0. The zero-order valence-electron chi connectivity index (χ0n) is 10.0. The van der Waals surface area contributed by atoms with Crippen LogP contribution in [0.4, 0.5) is 0 Å². The Bertz CT molecular complexity index is 193. The van der Waals surface area contributed by atoms with E-state index in [1.165, 1.54) is 0 Å². The highest BCUT2D eigenvalue weighted by atomic mass is 16.3. The lowest BCUT2D eigenvalue weighted by Gasteiger charge is -2.56. The molecular formula is C11H24N2O. The molecule has 1 unspecified atom stereocenters. The van der Waals surface area contributed by atoms with Gasteiger partial charge < -0.3 is 10.8 Å². The van der Waals surface area contributed by atoms with Crippen LogP contribution in [0.1, 0.15) is 47.5 Å². The van der Waals surface area contributed by atoms with Crippen molar-refractivity contribution < 1.29 is 5.11 Å². The van der Waals surface area contributed by atoms with Gasteiger partial charge in [0.15, 0.2) is 0 Å². The average molecular weight is 200 g/mol. The Kier molecular flexibility index (Phi) is 2.96. The van der Waals surface area contributed by atoms with Crippen LogP contribution in [0.2, 0.25) is 0 Å². The molecule has 3 heteroatoms. The second kappa shape index (κ2) is 3.47. The molecule has 1 aliphatic rings. The van der Waals surface area contributed by atoms with Gasteiger partial charge in [0, 0.05) is 11.1 Å². The minimum Gasteiger partial charge on any atom is -0.393 e. The second-order valence-corrected chi connectivity index (χ2v) is 5.80. The fourth-order valence-corrected chi connectivity index (χ4v) is 3.34. The fourth-order valence-electron chi connectivity index (χ4n) is 3.34. The molecule has 3 N–H and O–H groups in total. The predicted molar refractivity (Wildman–Crippen MR) is 58.9 cm³/mol. The molecule has 1 atom stereocenters. The van der Waals surface area contributed by atoms with Crippen LogP contribution >= 0.6 is 0 Å². The van der Waals surface area contributed by atoms with Crippen molar-refractivity contribution in [3.05, 3.63) is 0 Å². The van der Waals surface area contributed by atoms with E-state index in [9.17, 15) is 5.11 Å². The Morgan fingerprint density at radius 1 is 1.21 bits per heavy atom. The lowest BCUT2D eigenvalue weighted by Crippen LogP contribution is -2.66.